The van der Waals surface area contributed by atoms with Crippen molar-refractivity contribution in [2.75, 3.05) is 33.5 Å². The van der Waals surface area contributed by atoms with Crippen molar-refractivity contribution < 1.29 is 42.9 Å². The Hall–Kier alpha value is -4.14. The number of hydrogen-bond acceptors (Lipinski definition) is 9. The molecule has 0 heterocycles. The van der Waals surface area contributed by atoms with Crippen molar-refractivity contribution in [2.45, 2.75) is 27.7 Å². The van der Waals surface area contributed by atoms with E-state index in [1.54, 1.807) is 77.3 Å². The number of benzene rings is 3. The van der Waals surface area contributed by atoms with Gasteiger partial charge in [0, 0.05) is 0 Å². The average Bonchev–Trinajstić information content (AvgIpc) is 2.97. The summed E-state index contributed by atoms with van der Waals surface area (Å²) < 4.78 is 27.9. The van der Waals surface area contributed by atoms with Gasteiger partial charge in [-0.3, -0.25) is 0 Å². The first-order valence-corrected chi connectivity index (χ1v) is 14.8. The monoisotopic (exact) mass is 628 g/mol. The topological polar surface area (TPSA) is 114 Å². The summed E-state index contributed by atoms with van der Waals surface area (Å²) in [4.78, 5) is 54.5. The quantitative estimate of drug-likeness (QED) is 0.168. The Morgan fingerprint density at radius 3 is 1.49 bits per heavy atom. The van der Waals surface area contributed by atoms with Gasteiger partial charge in [-0.2, -0.15) is 0 Å². The van der Waals surface area contributed by atoms with Crippen molar-refractivity contribution in [3.63, 3.8) is 0 Å². The van der Waals surface area contributed by atoms with Crippen molar-refractivity contribution in [1.82, 2.24) is 0 Å². The van der Waals surface area contributed by atoms with Crippen LogP contribution in [-0.4, -0.2) is 72.4 Å². The molecule has 0 bridgehead atoms. The molecule has 0 aliphatic rings. The number of rotatable bonds is 12. The molecule has 3 aromatic rings. The van der Waals surface area contributed by atoms with Crippen molar-refractivity contribution in [3.05, 3.63) is 76.9 Å². The zero-order chi connectivity index (χ0) is 29.9. The first-order valence-electron chi connectivity index (χ1n) is 13.1. The first-order chi connectivity index (χ1) is 19.8. The summed E-state index contributed by atoms with van der Waals surface area (Å²) in [7, 11) is 1.55. The van der Waals surface area contributed by atoms with Crippen LogP contribution < -0.4 is 13.7 Å². The zero-order valence-corrected chi connectivity index (χ0v) is 25.3. The number of carbonyl (C=O) groups excluding carboxylic acids is 4. The van der Waals surface area contributed by atoms with Crippen molar-refractivity contribution >= 4 is 47.8 Å². The van der Waals surface area contributed by atoms with Gasteiger partial charge in [0.15, 0.2) is 0 Å². The van der Waals surface area contributed by atoms with Gasteiger partial charge in [-0.05, 0) is 0 Å². The van der Waals surface area contributed by atoms with Gasteiger partial charge in [0.1, 0.15) is 0 Å². The molecule has 0 aliphatic carbocycles. The van der Waals surface area contributed by atoms with Crippen LogP contribution in [0.15, 0.2) is 54.6 Å². The van der Waals surface area contributed by atoms with Gasteiger partial charge in [-0.1, -0.05) is 0 Å². The third kappa shape index (κ3) is 7.14. The molecule has 9 nitrogen and oxygen atoms in total. The van der Waals surface area contributed by atoms with Gasteiger partial charge in [0.2, 0.25) is 0 Å². The predicted molar refractivity (Wildman–Crippen MR) is 154 cm³/mol. The molecule has 216 valence electrons. The van der Waals surface area contributed by atoms with Crippen LogP contribution in [0.1, 0.15) is 69.1 Å². The fourth-order valence-electron chi connectivity index (χ4n) is 4.09. The number of methoxy groups -OCH3 is 1. The van der Waals surface area contributed by atoms with E-state index in [-0.39, 0.29) is 43.1 Å². The third-order valence-electron chi connectivity index (χ3n) is 5.71. The summed E-state index contributed by atoms with van der Waals surface area (Å²) in [6, 6.07) is 16.0. The normalized spacial score (nSPS) is 10.5. The Morgan fingerprint density at radius 1 is 0.585 bits per heavy atom. The molecule has 41 heavy (non-hydrogen) atoms. The summed E-state index contributed by atoms with van der Waals surface area (Å²) in [6.07, 6.45) is 0. The number of esters is 4. The van der Waals surface area contributed by atoms with E-state index in [4.69, 9.17) is 23.7 Å². The second-order valence-electron chi connectivity index (χ2n) is 8.23. The van der Waals surface area contributed by atoms with Gasteiger partial charge < -0.3 is 0 Å². The summed E-state index contributed by atoms with van der Waals surface area (Å²) in [5.74, 6) is -2.97. The van der Waals surface area contributed by atoms with Crippen LogP contribution >= 0.6 is 0 Å². The van der Waals surface area contributed by atoms with E-state index in [1.807, 2.05) is 12.1 Å². The number of carbonyl (C=O) groups is 4. The predicted octanol–water partition coefficient (Wildman–Crippen LogP) is 3.72. The van der Waals surface area contributed by atoms with E-state index in [1.165, 1.54) is 0 Å². The molecule has 0 spiro atoms. The fourth-order valence-corrected chi connectivity index (χ4v) is 6.44. The Morgan fingerprint density at radius 2 is 1.02 bits per heavy atom. The van der Waals surface area contributed by atoms with Crippen LogP contribution in [0.25, 0.3) is 11.1 Å². The molecule has 10 heteroatoms. The first kappa shape index (κ1) is 31.4. The Bertz CT molecular complexity index is 1400. The molecule has 0 atom stereocenters. The van der Waals surface area contributed by atoms with Gasteiger partial charge in [0.05, 0.1) is 0 Å². The average molecular weight is 628 g/mol. The van der Waals surface area contributed by atoms with Crippen molar-refractivity contribution in [3.8, 4) is 16.9 Å². The van der Waals surface area contributed by atoms with Gasteiger partial charge in [-0.25, -0.2) is 0 Å². The maximum absolute atomic E-state index is 13.7. The van der Waals surface area contributed by atoms with Gasteiger partial charge in [-0.15, -0.1) is 0 Å². The fraction of sp³-hybridized carbons (Fsp3) is 0.290. The molecule has 0 aromatic heterocycles. The van der Waals surface area contributed by atoms with Crippen LogP contribution in [0.4, 0.5) is 0 Å². The van der Waals surface area contributed by atoms with E-state index in [9.17, 15) is 19.2 Å². The van der Waals surface area contributed by atoms with E-state index >= 15 is 0 Å². The third-order valence-corrected chi connectivity index (χ3v) is 8.06. The van der Waals surface area contributed by atoms with E-state index in [2.05, 4.69) is 0 Å². The molecule has 3 rings (SSSR count). The van der Waals surface area contributed by atoms with E-state index in [0.717, 1.165) is 4.46 Å². The van der Waals surface area contributed by atoms with Crippen LogP contribution in [0.3, 0.4) is 0 Å². The maximum atomic E-state index is 13.7. The standard InChI is InChI=1S/C31H32O9Se/c1-6-37-28(32)23-22(19-13-11-10-12-14-19)27(41-21-17-15-20(36-5)16-18-21)26(31(35)40-9-4)25(30(34)39-8-3)24(23)29(33)38-7-2/h10-18H,6-9H2,1-5H3. The summed E-state index contributed by atoms with van der Waals surface area (Å²) in [6.45, 7) is 6.37. The van der Waals surface area contributed by atoms with Gasteiger partial charge >= 0.3 is 246 Å². The van der Waals surface area contributed by atoms with Gasteiger partial charge in [0.25, 0.3) is 0 Å². The van der Waals surface area contributed by atoms with E-state index in [0.29, 0.717) is 15.8 Å². The molecule has 0 N–H and O–H groups in total. The Balaban J connectivity index is 2.62. The van der Waals surface area contributed by atoms with Crippen molar-refractivity contribution in [1.29, 1.82) is 0 Å². The number of ether oxygens (including phenoxy) is 5. The molecular weight excluding hydrogens is 595 g/mol. The summed E-state index contributed by atoms with van der Waals surface area (Å²) in [5.41, 5.74) is -0.322. The summed E-state index contributed by atoms with van der Waals surface area (Å²) >= 11 is -0.685. The molecule has 0 saturated carbocycles. The second-order valence-corrected chi connectivity index (χ2v) is 10.5. The second kappa shape index (κ2) is 15.0. The van der Waals surface area contributed by atoms with Crippen LogP contribution in [-0.2, 0) is 18.9 Å². The van der Waals surface area contributed by atoms with Crippen LogP contribution in [0, 0.1) is 0 Å². The number of hydrogen-bond donors (Lipinski definition) is 0. The minimum atomic E-state index is -0.968. The molecular formula is C31H32O9Se. The molecule has 0 unspecified atom stereocenters. The molecule has 3 aromatic carbocycles. The zero-order valence-electron chi connectivity index (χ0n) is 23.6. The van der Waals surface area contributed by atoms with Crippen molar-refractivity contribution in [2.24, 2.45) is 0 Å². The van der Waals surface area contributed by atoms with E-state index < -0.39 is 50.0 Å². The molecule has 0 fully saturated rings. The molecule has 0 radical (unpaired) electrons. The molecule has 0 saturated heterocycles. The minimum absolute atomic E-state index is 0.00263. The summed E-state index contributed by atoms with van der Waals surface area (Å²) in [5, 5.41) is 0. The Kier molecular flexibility index (Phi) is 11.5. The van der Waals surface area contributed by atoms with Crippen LogP contribution in [0.2, 0.25) is 0 Å². The molecule has 0 aliphatic heterocycles. The van der Waals surface area contributed by atoms with Crippen LogP contribution in [0.5, 0.6) is 5.75 Å². The SMILES string of the molecule is CCOC(=O)c1c([Se]c2ccc(OC)cc2)c(-c2ccccc2)c(C(=O)OCC)c(C(=O)OCC)c1C(=O)OCC. The molecule has 0 amide bonds. The Labute approximate surface area is 245 Å².